The normalized spacial score (nSPS) is 21.0. The molecule has 0 bridgehead atoms. The zero-order valence-corrected chi connectivity index (χ0v) is 29.8. The first kappa shape index (κ1) is 47.4. The first-order chi connectivity index (χ1) is 19.6. The van der Waals surface area contributed by atoms with E-state index in [9.17, 15) is 124 Å². The number of hydrogen-bond acceptors (Lipinski definition) is 10. The minimum atomic E-state index is -7.18. The lowest BCUT2D eigenvalue weighted by atomic mass is 10.1. The highest BCUT2D eigenvalue weighted by molar-refractivity contribution is 7.64. The Balaban J connectivity index is 8.77. The lowest BCUT2D eigenvalue weighted by Gasteiger charge is -2.44. The van der Waals surface area contributed by atoms with Crippen molar-refractivity contribution in [3.8, 4) is 0 Å². The van der Waals surface area contributed by atoms with Gasteiger partial charge >= 0.3 is 68.4 Å². The Kier molecular flexibility index (Phi) is 15.6. The minimum absolute atomic E-state index is 2.38. The van der Waals surface area contributed by atoms with Gasteiger partial charge in [0.1, 0.15) is 0 Å². The largest absolute Gasteiger partial charge is 0.383 e. The average molecular weight is 858 g/mol. The summed E-state index contributed by atoms with van der Waals surface area (Å²) >= 11 is 0. The van der Waals surface area contributed by atoms with Gasteiger partial charge in [0.05, 0.1) is 51.9 Å². The van der Waals surface area contributed by atoms with Gasteiger partial charge in [0.2, 0.25) is 0 Å². The summed E-state index contributed by atoms with van der Waals surface area (Å²) in [7, 11) is -55.8. The van der Waals surface area contributed by atoms with Crippen LogP contribution in [0.5, 0.6) is 0 Å². The molecule has 46 heavy (non-hydrogen) atoms. The summed E-state index contributed by atoms with van der Waals surface area (Å²) in [5.74, 6) is 0. The molecule has 27 nitrogen and oxygen atoms in total. The molecule has 8 unspecified atom stereocenters. The maximum Gasteiger partial charge on any atom is 0.330 e. The van der Waals surface area contributed by atoms with Gasteiger partial charge in [-0.2, -0.15) is 0 Å². The quantitative estimate of drug-likeness (QED) is 0.0465. The molecule has 0 heterocycles. The highest BCUT2D eigenvalue weighted by atomic mass is 31.2. The molecular weight excluding hydrogens is 830 g/mol. The van der Waals surface area contributed by atoms with E-state index in [1.807, 2.05) is 0 Å². The van der Waals surface area contributed by atoms with Crippen LogP contribution in [0.1, 0.15) is 0 Å². The van der Waals surface area contributed by atoms with Crippen LogP contribution in [0.3, 0.4) is 0 Å². The number of hydrogen-bond donors (Lipinski definition) is 17. The predicted octanol–water partition coefficient (Wildman–Crippen LogP) is -3.73. The second-order valence-electron chi connectivity index (χ2n) is 9.48. The summed E-state index contributed by atoms with van der Waals surface area (Å²) in [4.78, 5) is 167. The van der Waals surface area contributed by atoms with Crippen molar-refractivity contribution in [2.45, 2.75) is 39.6 Å². The van der Waals surface area contributed by atoms with E-state index in [1.54, 1.807) is 0 Å². The van der Waals surface area contributed by atoms with Gasteiger partial charge in [-0.3, -0.25) is 41.1 Å². The van der Waals surface area contributed by atoms with Crippen LogP contribution in [0.2, 0.25) is 0 Å². The van der Waals surface area contributed by atoms with Crippen molar-refractivity contribution in [2.24, 2.45) is 0 Å². The van der Waals surface area contributed by atoms with Gasteiger partial charge < -0.3 is 87.6 Å². The summed E-state index contributed by atoms with van der Waals surface area (Å²) in [5, 5.41) is 0. The maximum atomic E-state index is 12.8. The van der Waals surface area contributed by atoms with E-state index in [0.29, 0.717) is 0 Å². The third-order valence-corrected chi connectivity index (χ3v) is 20.0. The Morgan fingerprint density at radius 3 is 0.761 bits per heavy atom. The molecule has 2 radical (unpaired) electrons. The summed E-state index contributed by atoms with van der Waals surface area (Å²) in [5.41, 5.74) is -29.2. The lowest BCUT2D eigenvalue weighted by molar-refractivity contribution is 0.275. The molecule has 0 fully saturated rings. The molecule has 0 aromatic carbocycles. The van der Waals surface area contributed by atoms with E-state index < -0.39 is 120 Å². The first-order valence-electron chi connectivity index (χ1n) is 10.7. The molecule has 0 aliphatic heterocycles. The Hall–Kier alpha value is 1.41. The van der Waals surface area contributed by atoms with E-state index in [1.165, 1.54) is 0 Å². The van der Waals surface area contributed by atoms with Gasteiger partial charge in [-0.1, -0.05) is 0 Å². The molecule has 8 atom stereocenters. The van der Waals surface area contributed by atoms with E-state index in [4.69, 9.17) is 0 Å². The molecule has 0 saturated heterocycles. The molecule has 0 rings (SSSR count). The van der Waals surface area contributed by atoms with Crippen molar-refractivity contribution in [3.63, 3.8) is 0 Å². The van der Waals surface area contributed by atoms with Crippen molar-refractivity contribution in [1.29, 1.82) is 0 Å². The summed E-state index contributed by atoms with van der Waals surface area (Å²) < 4.78 is 115. The van der Waals surface area contributed by atoms with Crippen molar-refractivity contribution in [3.05, 3.63) is 0 Å². The molecule has 0 saturated carbocycles. The SMILES string of the molecule is [B]OP(=O)(O)CC(C(C(C(C(C(C(CP(=O)(O)O)P(=O)(O)O)P(=O)(O)O)P(=O)(O)O)P(=O)(O)O)P(=O)(O)O)P(=O)(O)O)P(=O)(O)O. The van der Waals surface area contributed by atoms with Crippen LogP contribution in [-0.4, -0.2) is 143 Å². The van der Waals surface area contributed by atoms with Crippen LogP contribution in [0, 0.1) is 0 Å². The molecule has 0 aliphatic carbocycles. The zero-order chi connectivity index (χ0) is 37.7. The van der Waals surface area contributed by atoms with E-state index in [2.05, 4.69) is 12.5 Å². The summed E-state index contributed by atoms with van der Waals surface area (Å²) in [6, 6.07) is 0. The molecular formula is C9H28BO27P9. The third kappa shape index (κ3) is 13.9. The second-order valence-corrected chi connectivity index (χ2v) is 25.6. The Bertz CT molecular complexity index is 1520. The fourth-order valence-corrected chi connectivity index (χ4v) is 23.2. The highest BCUT2D eigenvalue weighted by Gasteiger charge is 2.69. The molecule has 17 N–H and O–H groups in total. The van der Waals surface area contributed by atoms with Gasteiger partial charge in [-0.05, 0) is 0 Å². The van der Waals surface area contributed by atoms with Crippen molar-refractivity contribution >= 4 is 76.4 Å². The molecule has 0 aromatic heterocycles. The maximum absolute atomic E-state index is 12.8. The molecule has 0 aromatic rings. The summed E-state index contributed by atoms with van der Waals surface area (Å²) in [6.45, 7) is 0. The summed E-state index contributed by atoms with van der Waals surface area (Å²) in [6.07, 6.45) is -4.87. The Labute approximate surface area is 257 Å². The average Bonchev–Trinajstić information content (AvgIpc) is 2.69. The van der Waals surface area contributed by atoms with E-state index in [-0.39, 0.29) is 0 Å². The number of rotatable bonds is 18. The van der Waals surface area contributed by atoms with Crippen LogP contribution in [0.4, 0.5) is 0 Å². The van der Waals surface area contributed by atoms with Gasteiger partial charge in [0.25, 0.3) is 8.05 Å². The van der Waals surface area contributed by atoms with Crippen LogP contribution >= 0.6 is 68.4 Å². The molecule has 0 amide bonds. The minimum Gasteiger partial charge on any atom is -0.383 e. The van der Waals surface area contributed by atoms with Crippen LogP contribution in [0.15, 0.2) is 0 Å². The van der Waals surface area contributed by atoms with Crippen LogP contribution in [-0.2, 0) is 45.5 Å². The van der Waals surface area contributed by atoms with Gasteiger partial charge in [-0.25, -0.2) is 0 Å². The standard InChI is InChI=1S/C9H28BO27P9/c10-37-39(14,15)2-4(41(19,20)21)6(43(25,26)27)8(45(31,32)33)9(46(34,35)36)7(44(28,29)30)5(42(22,23)24)3(40(16,17)18)1-38(11,12)13/h3-9H,1-2H2,(H,14,15)(H2,11,12,13)(H2,16,17,18)(H2,19,20,21)(H2,22,23,24)(H2,25,26,27)(H2,28,29,30)(H2,31,32,33)(H2,34,35,36). The fraction of sp³-hybridized carbons (Fsp3) is 1.00. The monoisotopic (exact) mass is 858 g/mol. The smallest absolute Gasteiger partial charge is 0.330 e. The first-order valence-corrected chi connectivity index (χ1v) is 26.0. The van der Waals surface area contributed by atoms with Crippen LogP contribution in [0.25, 0.3) is 0 Å². The fourth-order valence-electron chi connectivity index (χ4n) is 4.45. The topological polar surface area (TPSA) is 507 Å². The Morgan fingerprint density at radius 1 is 0.370 bits per heavy atom. The van der Waals surface area contributed by atoms with E-state index in [0.717, 1.165) is 0 Å². The molecule has 37 heteroatoms. The van der Waals surface area contributed by atoms with Gasteiger partial charge in [-0.15, -0.1) is 0 Å². The Morgan fingerprint density at radius 2 is 0.587 bits per heavy atom. The van der Waals surface area contributed by atoms with E-state index >= 15 is 0 Å². The van der Waals surface area contributed by atoms with Crippen LogP contribution < -0.4 is 0 Å². The highest BCUT2D eigenvalue weighted by Crippen LogP contribution is 2.73. The zero-order valence-electron chi connectivity index (χ0n) is 21.7. The third-order valence-electron chi connectivity index (χ3n) is 6.00. The molecule has 274 valence electrons. The predicted molar refractivity (Wildman–Crippen MR) is 149 cm³/mol. The van der Waals surface area contributed by atoms with Crippen molar-refractivity contribution < 1.29 is 129 Å². The lowest BCUT2D eigenvalue weighted by Crippen LogP contribution is -2.54. The van der Waals surface area contributed by atoms with Crippen molar-refractivity contribution in [1.82, 2.24) is 0 Å². The van der Waals surface area contributed by atoms with Gasteiger partial charge in [0.15, 0.2) is 0 Å². The van der Waals surface area contributed by atoms with Crippen molar-refractivity contribution in [2.75, 3.05) is 12.3 Å². The van der Waals surface area contributed by atoms with Gasteiger partial charge in [0, 0.05) is 0 Å². The molecule has 0 aliphatic rings. The second kappa shape index (κ2) is 15.2. The molecule has 0 spiro atoms.